The minimum Gasteiger partial charge on any atom is -0.348 e. The van der Waals surface area contributed by atoms with Gasteiger partial charge in [-0.2, -0.15) is 0 Å². The van der Waals surface area contributed by atoms with Gasteiger partial charge in [-0.05, 0) is 54.8 Å². The van der Waals surface area contributed by atoms with Crippen molar-refractivity contribution in [2.24, 2.45) is 14.1 Å². The Kier molecular flexibility index (Phi) is 4.06. The number of fused-ring (bicyclic) bond motifs is 2. The third-order valence-corrected chi connectivity index (χ3v) is 6.51. The van der Waals surface area contributed by atoms with E-state index in [0.29, 0.717) is 0 Å². The molecule has 0 fully saturated rings. The maximum Gasteiger partial charge on any atom is 0.0483 e. The summed E-state index contributed by atoms with van der Waals surface area (Å²) in [4.78, 5) is 4.28. The van der Waals surface area contributed by atoms with Crippen molar-refractivity contribution < 1.29 is 0 Å². The van der Waals surface area contributed by atoms with Crippen molar-refractivity contribution >= 4 is 21.8 Å². The van der Waals surface area contributed by atoms with E-state index in [0.717, 1.165) is 0 Å². The molecule has 0 aliphatic heterocycles. The SMILES string of the molecule is Cc1c(C(c2ccncc2)c2c(C)n(C)c3ccccc23)c2ccccc2n1C. The fraction of sp³-hybridized carbons (Fsp3) is 0.192. The van der Waals surface area contributed by atoms with Crippen LogP contribution in [-0.2, 0) is 14.1 Å². The van der Waals surface area contributed by atoms with E-state index in [1.54, 1.807) is 0 Å². The molecule has 29 heavy (non-hydrogen) atoms. The highest BCUT2D eigenvalue weighted by atomic mass is 15.0. The maximum absolute atomic E-state index is 4.28. The molecule has 0 N–H and O–H groups in total. The average molecular weight is 380 g/mol. The van der Waals surface area contributed by atoms with E-state index in [1.807, 2.05) is 12.4 Å². The first-order valence-corrected chi connectivity index (χ1v) is 10.1. The monoisotopic (exact) mass is 379 g/mol. The van der Waals surface area contributed by atoms with Gasteiger partial charge in [-0.25, -0.2) is 0 Å². The largest absolute Gasteiger partial charge is 0.348 e. The van der Waals surface area contributed by atoms with Crippen molar-refractivity contribution in [1.82, 2.24) is 14.1 Å². The standard InChI is InChI=1S/C26H25N3/c1-17-24(20-9-5-7-11-22(20)28(17)3)26(19-13-15-27-16-14-19)25-18(2)29(4)23-12-8-6-10-21(23)25/h5-16,26H,1-4H3. The van der Waals surface area contributed by atoms with Gasteiger partial charge in [0.25, 0.3) is 0 Å². The van der Waals surface area contributed by atoms with Crippen LogP contribution in [0.3, 0.4) is 0 Å². The number of hydrogen-bond acceptors (Lipinski definition) is 1. The summed E-state index contributed by atoms with van der Waals surface area (Å²) in [6.45, 7) is 4.48. The van der Waals surface area contributed by atoms with Gasteiger partial charge in [-0.15, -0.1) is 0 Å². The van der Waals surface area contributed by atoms with Crippen LogP contribution in [0.2, 0.25) is 0 Å². The molecule has 3 aromatic heterocycles. The van der Waals surface area contributed by atoms with Crippen molar-refractivity contribution in [3.63, 3.8) is 0 Å². The zero-order valence-electron chi connectivity index (χ0n) is 17.3. The number of benzene rings is 2. The molecule has 5 aromatic rings. The van der Waals surface area contributed by atoms with Crippen LogP contribution in [0.25, 0.3) is 21.8 Å². The summed E-state index contributed by atoms with van der Waals surface area (Å²) in [6, 6.07) is 21.8. The first kappa shape index (κ1) is 17.7. The molecular weight excluding hydrogens is 354 g/mol. The number of aromatic nitrogens is 3. The quantitative estimate of drug-likeness (QED) is 0.385. The van der Waals surface area contributed by atoms with Crippen molar-refractivity contribution in [2.75, 3.05) is 0 Å². The summed E-state index contributed by atoms with van der Waals surface area (Å²) in [6.07, 6.45) is 3.81. The first-order valence-electron chi connectivity index (χ1n) is 10.1. The highest BCUT2D eigenvalue weighted by Gasteiger charge is 2.28. The van der Waals surface area contributed by atoms with E-state index in [-0.39, 0.29) is 5.92 Å². The van der Waals surface area contributed by atoms with Gasteiger partial charge in [0.1, 0.15) is 0 Å². The second-order valence-corrected chi connectivity index (χ2v) is 7.86. The summed E-state index contributed by atoms with van der Waals surface area (Å²) in [5.74, 6) is 0.148. The van der Waals surface area contributed by atoms with Crippen molar-refractivity contribution in [3.05, 3.63) is 101 Å². The Labute approximate surface area is 171 Å². The molecule has 0 bridgehead atoms. The zero-order valence-corrected chi connectivity index (χ0v) is 17.3. The van der Waals surface area contributed by atoms with Crippen LogP contribution in [0.4, 0.5) is 0 Å². The topological polar surface area (TPSA) is 22.8 Å². The number of aryl methyl sites for hydroxylation is 2. The van der Waals surface area contributed by atoms with E-state index in [9.17, 15) is 0 Å². The smallest absolute Gasteiger partial charge is 0.0483 e. The molecule has 2 aromatic carbocycles. The third kappa shape index (κ3) is 2.54. The zero-order chi connectivity index (χ0) is 20.1. The van der Waals surface area contributed by atoms with Gasteiger partial charge in [-0.1, -0.05) is 36.4 Å². The van der Waals surface area contributed by atoms with E-state index in [2.05, 4.69) is 103 Å². The molecule has 3 nitrogen and oxygen atoms in total. The van der Waals surface area contributed by atoms with Crippen molar-refractivity contribution in [1.29, 1.82) is 0 Å². The van der Waals surface area contributed by atoms with Crippen molar-refractivity contribution in [3.8, 4) is 0 Å². The van der Waals surface area contributed by atoms with Gasteiger partial charge < -0.3 is 9.13 Å². The molecule has 0 unspecified atom stereocenters. The second-order valence-electron chi connectivity index (χ2n) is 7.86. The summed E-state index contributed by atoms with van der Waals surface area (Å²) >= 11 is 0. The molecule has 3 heteroatoms. The predicted octanol–water partition coefficient (Wildman–Crippen LogP) is 5.86. The highest BCUT2D eigenvalue weighted by molar-refractivity contribution is 5.91. The summed E-state index contributed by atoms with van der Waals surface area (Å²) in [7, 11) is 4.33. The molecule has 0 atom stereocenters. The van der Waals surface area contributed by atoms with E-state index >= 15 is 0 Å². The molecule has 0 saturated heterocycles. The number of rotatable bonds is 3. The summed E-state index contributed by atoms with van der Waals surface area (Å²) in [5, 5.41) is 2.64. The second kappa shape index (κ2) is 6.63. The molecule has 0 radical (unpaired) electrons. The van der Waals surface area contributed by atoms with Crippen LogP contribution in [0.15, 0.2) is 73.1 Å². The Hall–Kier alpha value is -3.33. The fourth-order valence-electron chi connectivity index (χ4n) is 4.86. The minimum atomic E-state index is 0.148. The molecule has 0 amide bonds. The number of nitrogens with zero attached hydrogens (tertiary/aromatic N) is 3. The molecule has 0 aliphatic carbocycles. The fourth-order valence-corrected chi connectivity index (χ4v) is 4.86. The van der Waals surface area contributed by atoms with E-state index < -0.39 is 0 Å². The van der Waals surface area contributed by atoms with Gasteiger partial charge in [0, 0.05) is 65.6 Å². The molecule has 144 valence electrons. The molecule has 0 spiro atoms. The lowest BCUT2D eigenvalue weighted by molar-refractivity contribution is 0.856. The van der Waals surface area contributed by atoms with Crippen LogP contribution in [0.5, 0.6) is 0 Å². The molecule has 0 aliphatic rings. The molecule has 3 heterocycles. The van der Waals surface area contributed by atoms with E-state index in [4.69, 9.17) is 0 Å². The Bertz CT molecular complexity index is 1250. The lowest BCUT2D eigenvalue weighted by Gasteiger charge is -2.20. The molecule has 5 rings (SSSR count). The molecular formula is C26H25N3. The average Bonchev–Trinajstić information content (AvgIpc) is 3.16. The van der Waals surface area contributed by atoms with Crippen LogP contribution in [0.1, 0.15) is 34.0 Å². The number of pyridine rings is 1. The summed E-state index contributed by atoms with van der Waals surface area (Å²) in [5.41, 5.74) is 9.20. The molecule has 0 saturated carbocycles. The Morgan fingerprint density at radius 3 is 1.59 bits per heavy atom. The Morgan fingerprint density at radius 1 is 0.655 bits per heavy atom. The maximum atomic E-state index is 4.28. The van der Waals surface area contributed by atoms with Crippen LogP contribution < -0.4 is 0 Å². The predicted molar refractivity (Wildman–Crippen MR) is 120 cm³/mol. The minimum absolute atomic E-state index is 0.148. The van der Waals surface area contributed by atoms with Gasteiger partial charge in [0.2, 0.25) is 0 Å². The third-order valence-electron chi connectivity index (χ3n) is 6.51. The Morgan fingerprint density at radius 2 is 1.10 bits per heavy atom. The lowest BCUT2D eigenvalue weighted by Crippen LogP contribution is -2.07. The normalized spacial score (nSPS) is 11.8. The number of para-hydroxylation sites is 2. The Balaban J connectivity index is 1.93. The van der Waals surface area contributed by atoms with Crippen LogP contribution in [-0.4, -0.2) is 14.1 Å². The highest BCUT2D eigenvalue weighted by Crippen LogP contribution is 2.43. The van der Waals surface area contributed by atoms with Gasteiger partial charge in [0.05, 0.1) is 0 Å². The van der Waals surface area contributed by atoms with E-state index in [1.165, 1.54) is 49.9 Å². The first-order chi connectivity index (χ1) is 14.1. The van der Waals surface area contributed by atoms with Gasteiger partial charge in [-0.3, -0.25) is 4.98 Å². The van der Waals surface area contributed by atoms with Gasteiger partial charge in [0.15, 0.2) is 0 Å². The lowest BCUT2D eigenvalue weighted by atomic mass is 9.82. The van der Waals surface area contributed by atoms with Crippen molar-refractivity contribution in [2.45, 2.75) is 19.8 Å². The summed E-state index contributed by atoms with van der Waals surface area (Å²) < 4.78 is 4.64. The number of hydrogen-bond donors (Lipinski definition) is 0. The van der Waals surface area contributed by atoms with Crippen LogP contribution >= 0.6 is 0 Å². The van der Waals surface area contributed by atoms with Crippen LogP contribution in [0, 0.1) is 13.8 Å². The van der Waals surface area contributed by atoms with Gasteiger partial charge >= 0.3 is 0 Å².